The molecule has 11 heavy (non-hydrogen) atoms. The molecule has 1 nitrogen and oxygen atoms in total. The molecule has 0 radical (unpaired) electrons. The first kappa shape index (κ1) is 11.0. The van der Waals surface area contributed by atoms with Gasteiger partial charge in [-0.2, -0.15) is 0 Å². The van der Waals surface area contributed by atoms with Gasteiger partial charge in [-0.1, -0.05) is 34.6 Å². The lowest BCUT2D eigenvalue weighted by Gasteiger charge is -2.17. The smallest absolute Gasteiger partial charge is 0.0624 e. The Bertz CT molecular complexity index is 88.9. The van der Waals surface area contributed by atoms with E-state index in [-0.39, 0.29) is 0 Å². The van der Waals surface area contributed by atoms with Crippen LogP contribution in [0, 0.1) is 11.8 Å². The van der Waals surface area contributed by atoms with Crippen molar-refractivity contribution in [1.82, 2.24) is 0 Å². The van der Waals surface area contributed by atoms with E-state index in [2.05, 4.69) is 20.8 Å². The molecule has 1 rings (SSSR count). The van der Waals surface area contributed by atoms with Crippen molar-refractivity contribution in [3.63, 3.8) is 0 Å². The van der Waals surface area contributed by atoms with Crippen LogP contribution < -0.4 is 0 Å². The van der Waals surface area contributed by atoms with Crippen LogP contribution >= 0.6 is 0 Å². The van der Waals surface area contributed by atoms with Crippen LogP contribution in [0.5, 0.6) is 0 Å². The Labute approximate surface area is 71.1 Å². The van der Waals surface area contributed by atoms with Crippen molar-refractivity contribution in [1.29, 1.82) is 0 Å². The standard InChI is InChI=1S/C8H16O.C2H6/c1-6(2)8-7(3)4-5-9-8;1-2/h6-8H,4-5H2,1-3H3;1-2H3. The Morgan fingerprint density at radius 3 is 2.00 bits per heavy atom. The molecule has 0 aliphatic carbocycles. The molecule has 0 spiro atoms. The van der Waals surface area contributed by atoms with Crippen molar-refractivity contribution in [2.24, 2.45) is 11.8 Å². The number of ether oxygens (including phenoxy) is 1. The first-order valence-electron chi connectivity index (χ1n) is 4.83. The summed E-state index contributed by atoms with van der Waals surface area (Å²) >= 11 is 0. The fourth-order valence-electron chi connectivity index (χ4n) is 1.57. The van der Waals surface area contributed by atoms with Gasteiger partial charge in [0.2, 0.25) is 0 Å². The molecule has 1 saturated heterocycles. The summed E-state index contributed by atoms with van der Waals surface area (Å²) in [5, 5.41) is 0. The summed E-state index contributed by atoms with van der Waals surface area (Å²) in [5.74, 6) is 1.48. The molecule has 0 amide bonds. The summed E-state index contributed by atoms with van der Waals surface area (Å²) < 4.78 is 5.53. The molecule has 1 heterocycles. The fraction of sp³-hybridized carbons (Fsp3) is 1.00. The topological polar surface area (TPSA) is 9.23 Å². The molecular weight excluding hydrogens is 136 g/mol. The molecule has 1 heteroatoms. The van der Waals surface area contributed by atoms with E-state index >= 15 is 0 Å². The Morgan fingerprint density at radius 1 is 1.27 bits per heavy atom. The summed E-state index contributed by atoms with van der Waals surface area (Å²) in [6.07, 6.45) is 1.79. The Balaban J connectivity index is 0.000000461. The van der Waals surface area contributed by atoms with Gasteiger partial charge in [-0.15, -0.1) is 0 Å². The van der Waals surface area contributed by atoms with Gasteiger partial charge in [0.15, 0.2) is 0 Å². The van der Waals surface area contributed by atoms with Gasteiger partial charge >= 0.3 is 0 Å². The predicted molar refractivity (Wildman–Crippen MR) is 49.7 cm³/mol. The van der Waals surface area contributed by atoms with Crippen LogP contribution in [0.25, 0.3) is 0 Å². The summed E-state index contributed by atoms with van der Waals surface area (Å²) in [6, 6.07) is 0. The molecule has 1 aliphatic heterocycles. The SMILES string of the molecule is CC.CC(C)C1OCCC1C. The average Bonchev–Trinajstić information content (AvgIpc) is 2.39. The zero-order valence-corrected chi connectivity index (χ0v) is 8.55. The Hall–Kier alpha value is -0.0400. The van der Waals surface area contributed by atoms with Crippen molar-refractivity contribution >= 4 is 0 Å². The van der Waals surface area contributed by atoms with Crippen LogP contribution in [0.3, 0.4) is 0 Å². The van der Waals surface area contributed by atoms with Gasteiger partial charge in [0.05, 0.1) is 6.10 Å². The second-order valence-corrected chi connectivity index (χ2v) is 3.35. The zero-order chi connectivity index (χ0) is 8.85. The maximum Gasteiger partial charge on any atom is 0.0624 e. The second-order valence-electron chi connectivity index (χ2n) is 3.35. The summed E-state index contributed by atoms with van der Waals surface area (Å²) in [6.45, 7) is 11.7. The number of rotatable bonds is 1. The number of hydrogen-bond donors (Lipinski definition) is 0. The minimum Gasteiger partial charge on any atom is -0.378 e. The van der Waals surface area contributed by atoms with E-state index < -0.39 is 0 Å². The quantitative estimate of drug-likeness (QED) is 0.570. The maximum atomic E-state index is 5.53. The van der Waals surface area contributed by atoms with Gasteiger partial charge in [-0.3, -0.25) is 0 Å². The first-order valence-corrected chi connectivity index (χ1v) is 4.83. The molecule has 0 bridgehead atoms. The van der Waals surface area contributed by atoms with Crippen LogP contribution in [0.1, 0.15) is 41.0 Å². The molecule has 0 aromatic heterocycles. The molecule has 2 unspecified atom stereocenters. The van der Waals surface area contributed by atoms with Gasteiger partial charge in [0.1, 0.15) is 0 Å². The van der Waals surface area contributed by atoms with Crippen LogP contribution in [-0.4, -0.2) is 12.7 Å². The third-order valence-electron chi connectivity index (χ3n) is 2.10. The molecule has 0 aromatic rings. The largest absolute Gasteiger partial charge is 0.378 e. The zero-order valence-electron chi connectivity index (χ0n) is 8.55. The van der Waals surface area contributed by atoms with Crippen LogP contribution in [0.15, 0.2) is 0 Å². The fourth-order valence-corrected chi connectivity index (χ4v) is 1.57. The third kappa shape index (κ3) is 3.24. The van der Waals surface area contributed by atoms with Crippen LogP contribution in [-0.2, 0) is 4.74 Å². The van der Waals surface area contributed by atoms with Gasteiger partial charge in [0.25, 0.3) is 0 Å². The summed E-state index contributed by atoms with van der Waals surface area (Å²) in [7, 11) is 0. The Morgan fingerprint density at radius 2 is 1.82 bits per heavy atom. The molecular formula is C10H22O. The molecule has 0 aromatic carbocycles. The molecule has 1 fully saturated rings. The highest BCUT2D eigenvalue weighted by Crippen LogP contribution is 2.25. The van der Waals surface area contributed by atoms with E-state index in [1.165, 1.54) is 6.42 Å². The van der Waals surface area contributed by atoms with E-state index in [0.29, 0.717) is 12.0 Å². The van der Waals surface area contributed by atoms with E-state index in [0.717, 1.165) is 12.5 Å². The van der Waals surface area contributed by atoms with Crippen molar-refractivity contribution in [2.45, 2.75) is 47.1 Å². The van der Waals surface area contributed by atoms with Crippen molar-refractivity contribution < 1.29 is 4.74 Å². The normalized spacial score (nSPS) is 30.0. The lowest BCUT2D eigenvalue weighted by molar-refractivity contribution is 0.0577. The highest BCUT2D eigenvalue weighted by molar-refractivity contribution is 4.74. The molecule has 0 saturated carbocycles. The number of hydrogen-bond acceptors (Lipinski definition) is 1. The minimum atomic E-state index is 0.532. The lowest BCUT2D eigenvalue weighted by atomic mass is 9.95. The van der Waals surface area contributed by atoms with Gasteiger partial charge in [0, 0.05) is 6.61 Å². The second kappa shape index (κ2) is 5.59. The highest BCUT2D eigenvalue weighted by Gasteiger charge is 2.26. The van der Waals surface area contributed by atoms with Gasteiger partial charge in [-0.05, 0) is 18.3 Å². The van der Waals surface area contributed by atoms with E-state index in [4.69, 9.17) is 4.74 Å². The maximum absolute atomic E-state index is 5.53. The average molecular weight is 158 g/mol. The monoisotopic (exact) mass is 158 g/mol. The lowest BCUT2D eigenvalue weighted by Crippen LogP contribution is -2.19. The first-order chi connectivity index (χ1) is 5.22. The van der Waals surface area contributed by atoms with Gasteiger partial charge in [-0.25, -0.2) is 0 Å². The summed E-state index contributed by atoms with van der Waals surface area (Å²) in [4.78, 5) is 0. The van der Waals surface area contributed by atoms with E-state index in [1.54, 1.807) is 0 Å². The predicted octanol–water partition coefficient (Wildman–Crippen LogP) is 3.09. The van der Waals surface area contributed by atoms with Crippen molar-refractivity contribution in [2.75, 3.05) is 6.61 Å². The molecule has 68 valence electrons. The molecule has 2 atom stereocenters. The van der Waals surface area contributed by atoms with E-state index in [9.17, 15) is 0 Å². The molecule has 0 N–H and O–H groups in total. The molecule has 1 aliphatic rings. The van der Waals surface area contributed by atoms with Crippen LogP contribution in [0.2, 0.25) is 0 Å². The Kier molecular flexibility index (Phi) is 5.57. The van der Waals surface area contributed by atoms with Crippen molar-refractivity contribution in [3.05, 3.63) is 0 Å². The minimum absolute atomic E-state index is 0.532. The van der Waals surface area contributed by atoms with Gasteiger partial charge < -0.3 is 4.74 Å². The van der Waals surface area contributed by atoms with Crippen molar-refractivity contribution in [3.8, 4) is 0 Å². The summed E-state index contributed by atoms with van der Waals surface area (Å²) in [5.41, 5.74) is 0. The highest BCUT2D eigenvalue weighted by atomic mass is 16.5. The third-order valence-corrected chi connectivity index (χ3v) is 2.10. The van der Waals surface area contributed by atoms with E-state index in [1.807, 2.05) is 13.8 Å². The van der Waals surface area contributed by atoms with Crippen LogP contribution in [0.4, 0.5) is 0 Å².